The van der Waals surface area contributed by atoms with Crippen LogP contribution in [0.25, 0.3) is 0 Å². The monoisotopic (exact) mass is 894 g/mol. The van der Waals surface area contributed by atoms with Gasteiger partial charge in [0.15, 0.2) is 6.29 Å². The van der Waals surface area contributed by atoms with Gasteiger partial charge in [-0.05, 0) is 77.0 Å². The number of allylic oxidation sites excluding steroid dienone is 8. The van der Waals surface area contributed by atoms with Crippen molar-refractivity contribution in [1.82, 2.24) is 5.32 Å². The van der Waals surface area contributed by atoms with Crippen LogP contribution >= 0.6 is 0 Å². The molecule has 0 radical (unpaired) electrons. The van der Waals surface area contributed by atoms with Crippen LogP contribution in [0.1, 0.15) is 206 Å². The summed E-state index contributed by atoms with van der Waals surface area (Å²) in [6, 6.07) is -1.20. The van der Waals surface area contributed by atoms with Crippen LogP contribution in [0.3, 0.4) is 0 Å². The molecule has 1 aliphatic heterocycles. The highest BCUT2D eigenvalue weighted by atomic mass is 16.7. The van der Waals surface area contributed by atoms with Gasteiger partial charge in [-0.1, -0.05) is 178 Å². The van der Waals surface area contributed by atoms with E-state index in [2.05, 4.69) is 67.8 Å². The molecular formula is C52H95NO10. The van der Waals surface area contributed by atoms with Gasteiger partial charge in [-0.2, -0.15) is 0 Å². The molecule has 0 saturated carbocycles. The summed E-state index contributed by atoms with van der Waals surface area (Å²) in [6.45, 7) is 3.38. The third-order valence-electron chi connectivity index (χ3n) is 12.1. The molecule has 1 heterocycles. The fraction of sp³-hybridized carbons (Fsp3) is 0.827. The van der Waals surface area contributed by atoms with Crippen molar-refractivity contribution in [2.45, 2.75) is 262 Å². The molecule has 0 aromatic heterocycles. The molecule has 0 aliphatic carbocycles. The number of carbonyl (C=O) groups excluding carboxylic acids is 1. The van der Waals surface area contributed by atoms with Crippen molar-refractivity contribution >= 4 is 5.91 Å². The zero-order chi connectivity index (χ0) is 46.2. The van der Waals surface area contributed by atoms with Gasteiger partial charge in [0, 0.05) is 0 Å². The van der Waals surface area contributed by atoms with E-state index in [0.717, 1.165) is 57.8 Å². The van der Waals surface area contributed by atoms with Crippen LogP contribution in [0.4, 0.5) is 0 Å². The molecule has 1 amide bonds. The number of hydrogen-bond donors (Lipinski definition) is 8. The maximum atomic E-state index is 13.1. The predicted octanol–water partition coefficient (Wildman–Crippen LogP) is 9.34. The fourth-order valence-electron chi connectivity index (χ4n) is 7.86. The Bertz CT molecular complexity index is 1160. The second-order valence-corrected chi connectivity index (χ2v) is 17.9. The third-order valence-corrected chi connectivity index (χ3v) is 12.1. The predicted molar refractivity (Wildman–Crippen MR) is 256 cm³/mol. The Hall–Kier alpha value is -1.93. The normalized spacial score (nSPS) is 21.6. The fourth-order valence-corrected chi connectivity index (χ4v) is 7.86. The van der Waals surface area contributed by atoms with E-state index in [0.29, 0.717) is 19.3 Å². The summed E-state index contributed by atoms with van der Waals surface area (Å²) in [5, 5.41) is 75.8. The molecule has 0 aromatic carbocycles. The van der Waals surface area contributed by atoms with Gasteiger partial charge in [-0.3, -0.25) is 4.79 Å². The first-order valence-electron chi connectivity index (χ1n) is 25.6. The van der Waals surface area contributed by atoms with Crippen molar-refractivity contribution in [3.63, 3.8) is 0 Å². The second kappa shape index (κ2) is 41.5. The quantitative estimate of drug-likeness (QED) is 0.0167. The van der Waals surface area contributed by atoms with E-state index in [9.17, 15) is 40.5 Å². The van der Waals surface area contributed by atoms with Gasteiger partial charge < -0.3 is 50.5 Å². The van der Waals surface area contributed by atoms with E-state index >= 15 is 0 Å². The zero-order valence-corrected chi connectivity index (χ0v) is 39.8. The number of carbonyl (C=O) groups is 1. The molecule has 1 saturated heterocycles. The van der Waals surface area contributed by atoms with Crippen molar-refractivity contribution < 1.29 is 50.0 Å². The number of rotatable bonds is 42. The third kappa shape index (κ3) is 30.8. The molecule has 1 aliphatic rings. The van der Waals surface area contributed by atoms with E-state index in [1.54, 1.807) is 0 Å². The van der Waals surface area contributed by atoms with Crippen molar-refractivity contribution in [2.24, 2.45) is 0 Å². The van der Waals surface area contributed by atoms with E-state index in [1.165, 1.54) is 103 Å². The smallest absolute Gasteiger partial charge is 0.249 e. The molecular weight excluding hydrogens is 799 g/mol. The summed E-state index contributed by atoms with van der Waals surface area (Å²) in [4.78, 5) is 13.1. The standard InChI is InChI=1S/C52H95NO10/c1-3-5-7-9-11-13-15-17-19-20-21-22-23-24-25-26-28-29-31-33-35-37-39-44(55)47(57)43(42-62-52-50(60)49(59)48(58)46(41-54)63-52)53-51(61)45(56)40-38-36-34-32-30-27-18-16-14-12-10-8-6-4-2/h12,14,16,18,25-26,31,33,43-50,52,54-60H,3-11,13,15,17,19-24,27-30,32,34-42H2,1-2H3,(H,53,61)/b14-12-,18-16-,26-25+,33-31+. The second-order valence-electron chi connectivity index (χ2n) is 17.9. The highest BCUT2D eigenvalue weighted by molar-refractivity contribution is 5.80. The van der Waals surface area contributed by atoms with Crippen LogP contribution in [0, 0.1) is 0 Å². The van der Waals surface area contributed by atoms with Gasteiger partial charge in [0.2, 0.25) is 5.91 Å². The van der Waals surface area contributed by atoms with Gasteiger partial charge in [0.05, 0.1) is 25.4 Å². The lowest BCUT2D eigenvalue weighted by molar-refractivity contribution is -0.303. The first-order valence-corrected chi connectivity index (χ1v) is 25.6. The van der Waals surface area contributed by atoms with Crippen LogP contribution in [0.15, 0.2) is 48.6 Å². The Morgan fingerprint density at radius 1 is 0.556 bits per heavy atom. The Morgan fingerprint density at radius 2 is 1.00 bits per heavy atom. The number of hydrogen-bond acceptors (Lipinski definition) is 10. The molecule has 368 valence electrons. The lowest BCUT2D eigenvalue weighted by atomic mass is 9.98. The minimum atomic E-state index is -1.67. The van der Waals surface area contributed by atoms with Crippen LogP contribution in [0.2, 0.25) is 0 Å². The van der Waals surface area contributed by atoms with Crippen molar-refractivity contribution in [3.8, 4) is 0 Å². The Balaban J connectivity index is 2.43. The first kappa shape index (κ1) is 59.1. The van der Waals surface area contributed by atoms with Crippen LogP contribution in [-0.4, -0.2) is 110 Å². The Kier molecular flexibility index (Phi) is 38.9. The molecule has 0 aromatic rings. The van der Waals surface area contributed by atoms with Gasteiger partial charge in [-0.15, -0.1) is 0 Å². The largest absolute Gasteiger partial charge is 0.394 e. The summed E-state index contributed by atoms with van der Waals surface area (Å²) >= 11 is 0. The number of amides is 1. The number of ether oxygens (including phenoxy) is 2. The van der Waals surface area contributed by atoms with E-state index in [4.69, 9.17) is 9.47 Å². The lowest BCUT2D eigenvalue weighted by Crippen LogP contribution is -2.60. The maximum Gasteiger partial charge on any atom is 0.249 e. The van der Waals surface area contributed by atoms with Crippen molar-refractivity contribution in [2.75, 3.05) is 13.2 Å². The van der Waals surface area contributed by atoms with Gasteiger partial charge >= 0.3 is 0 Å². The molecule has 63 heavy (non-hydrogen) atoms. The minimum absolute atomic E-state index is 0.231. The average molecular weight is 894 g/mol. The SMILES string of the molecule is CCCCC/C=C\C=C/CCCCCCCC(O)C(=O)NC(COC1OC(CO)C(O)C(O)C1O)C(O)C(O)CCC/C=C/CC/C=C/CCCCCCCCCCCCCCC. The van der Waals surface area contributed by atoms with E-state index < -0.39 is 74.2 Å². The van der Waals surface area contributed by atoms with Crippen LogP contribution in [-0.2, 0) is 14.3 Å². The first-order chi connectivity index (χ1) is 30.7. The van der Waals surface area contributed by atoms with Gasteiger partial charge in [-0.25, -0.2) is 0 Å². The highest BCUT2D eigenvalue weighted by Crippen LogP contribution is 2.23. The topological polar surface area (TPSA) is 189 Å². The number of aliphatic hydroxyl groups is 7. The van der Waals surface area contributed by atoms with Crippen molar-refractivity contribution in [3.05, 3.63) is 48.6 Å². The number of unbranched alkanes of at least 4 members (excludes halogenated alkanes) is 23. The van der Waals surface area contributed by atoms with Gasteiger partial charge in [0.1, 0.15) is 36.6 Å². The molecule has 9 unspecified atom stereocenters. The van der Waals surface area contributed by atoms with Crippen molar-refractivity contribution in [1.29, 1.82) is 0 Å². The summed E-state index contributed by atoms with van der Waals surface area (Å²) in [6.07, 6.45) is 38.8. The molecule has 11 heteroatoms. The summed E-state index contributed by atoms with van der Waals surface area (Å²) in [5.74, 6) is -0.724. The Morgan fingerprint density at radius 3 is 1.54 bits per heavy atom. The van der Waals surface area contributed by atoms with E-state index in [1.807, 2.05) is 0 Å². The van der Waals surface area contributed by atoms with Crippen LogP contribution < -0.4 is 5.32 Å². The minimum Gasteiger partial charge on any atom is -0.394 e. The Labute approximate surface area is 383 Å². The van der Waals surface area contributed by atoms with E-state index in [-0.39, 0.29) is 12.8 Å². The molecule has 0 bridgehead atoms. The molecule has 9 atom stereocenters. The average Bonchev–Trinajstić information content (AvgIpc) is 3.28. The van der Waals surface area contributed by atoms with Crippen LogP contribution in [0.5, 0.6) is 0 Å². The molecule has 1 fully saturated rings. The number of nitrogens with one attached hydrogen (secondary N) is 1. The summed E-state index contributed by atoms with van der Waals surface area (Å²) < 4.78 is 11.1. The zero-order valence-electron chi connectivity index (χ0n) is 39.8. The highest BCUT2D eigenvalue weighted by Gasteiger charge is 2.44. The molecule has 11 nitrogen and oxygen atoms in total. The molecule has 0 spiro atoms. The van der Waals surface area contributed by atoms with Gasteiger partial charge in [0.25, 0.3) is 0 Å². The molecule has 1 rings (SSSR count). The molecule has 8 N–H and O–H groups in total. The maximum absolute atomic E-state index is 13.1. The summed E-state index contributed by atoms with van der Waals surface area (Å²) in [7, 11) is 0. The summed E-state index contributed by atoms with van der Waals surface area (Å²) in [5.41, 5.74) is 0. The lowest BCUT2D eigenvalue weighted by Gasteiger charge is -2.40. The number of aliphatic hydroxyl groups excluding tert-OH is 7.